The van der Waals surface area contributed by atoms with Gasteiger partial charge in [-0.3, -0.25) is 4.79 Å². The summed E-state index contributed by atoms with van der Waals surface area (Å²) in [5.41, 5.74) is -1.37. The number of aromatic nitrogens is 1. The minimum Gasteiger partial charge on any atom is -0.477 e. The summed E-state index contributed by atoms with van der Waals surface area (Å²) in [7, 11) is 0. The fraction of sp³-hybridized carbons (Fsp3) is 0.286. The third-order valence-electron chi connectivity index (χ3n) is 3.47. The molecule has 6 heteroatoms. The number of carboxylic acids is 1. The highest BCUT2D eigenvalue weighted by atomic mass is 19.1. The van der Waals surface area contributed by atoms with E-state index in [0.29, 0.717) is 18.5 Å². The molecule has 2 aromatic rings. The van der Waals surface area contributed by atoms with Crippen molar-refractivity contribution in [3.05, 3.63) is 45.8 Å². The van der Waals surface area contributed by atoms with Crippen molar-refractivity contribution in [2.75, 3.05) is 0 Å². The van der Waals surface area contributed by atoms with Crippen LogP contribution >= 0.6 is 0 Å². The molecule has 1 aliphatic rings. The zero-order valence-corrected chi connectivity index (χ0v) is 10.4. The zero-order valence-electron chi connectivity index (χ0n) is 10.4. The smallest absolute Gasteiger partial charge is 0.341 e. The highest BCUT2D eigenvalue weighted by Crippen LogP contribution is 2.32. The molecule has 0 radical (unpaired) electrons. The second kappa shape index (κ2) is 4.40. The Kier molecular flexibility index (Phi) is 2.81. The molecular weight excluding hydrogens is 268 g/mol. The number of nitrogens with zero attached hydrogens (tertiary/aromatic N) is 1. The molecule has 3 rings (SSSR count). The van der Waals surface area contributed by atoms with E-state index < -0.39 is 28.6 Å². The summed E-state index contributed by atoms with van der Waals surface area (Å²) in [6.07, 6.45) is 3.12. The minimum atomic E-state index is -1.40. The predicted octanol–water partition coefficient (Wildman–Crippen LogP) is 2.39. The Balaban J connectivity index is 2.37. The van der Waals surface area contributed by atoms with Crippen molar-refractivity contribution in [2.45, 2.75) is 19.4 Å². The lowest BCUT2D eigenvalue weighted by atomic mass is 10.1. The van der Waals surface area contributed by atoms with Crippen molar-refractivity contribution in [3.8, 4) is 0 Å². The quantitative estimate of drug-likeness (QED) is 0.938. The van der Waals surface area contributed by atoms with Gasteiger partial charge in [0.25, 0.3) is 0 Å². The van der Waals surface area contributed by atoms with Crippen LogP contribution in [0.1, 0.15) is 23.2 Å². The first-order valence-electron chi connectivity index (χ1n) is 6.23. The Bertz CT molecular complexity index is 778. The van der Waals surface area contributed by atoms with Crippen molar-refractivity contribution in [2.24, 2.45) is 5.92 Å². The average molecular weight is 279 g/mol. The fourth-order valence-electron chi connectivity index (χ4n) is 2.33. The van der Waals surface area contributed by atoms with Gasteiger partial charge in [0.15, 0.2) is 5.82 Å². The Labute approximate surface area is 112 Å². The molecule has 1 N–H and O–H groups in total. The Morgan fingerprint density at radius 3 is 2.65 bits per heavy atom. The largest absolute Gasteiger partial charge is 0.477 e. The number of rotatable bonds is 3. The van der Waals surface area contributed by atoms with Gasteiger partial charge in [-0.05, 0) is 24.8 Å². The summed E-state index contributed by atoms with van der Waals surface area (Å²) in [6.45, 7) is 0.430. The van der Waals surface area contributed by atoms with Gasteiger partial charge in [0.1, 0.15) is 11.4 Å². The standard InChI is InChI=1S/C14H11F2NO3/c15-8-3-9-12(11(16)4-8)17(5-7-1-2-7)6-10(13(9)18)14(19)20/h3-4,6-7H,1-2,5H2,(H,19,20). The number of hydrogen-bond acceptors (Lipinski definition) is 2. The van der Waals surface area contributed by atoms with E-state index in [1.54, 1.807) is 0 Å². The molecule has 20 heavy (non-hydrogen) atoms. The highest BCUT2D eigenvalue weighted by molar-refractivity contribution is 5.92. The number of hydrogen-bond donors (Lipinski definition) is 1. The second-order valence-corrected chi connectivity index (χ2v) is 5.06. The van der Waals surface area contributed by atoms with E-state index in [4.69, 9.17) is 5.11 Å². The molecule has 1 aliphatic carbocycles. The lowest BCUT2D eigenvalue weighted by Crippen LogP contribution is -2.20. The van der Waals surface area contributed by atoms with Crippen molar-refractivity contribution >= 4 is 16.9 Å². The maximum Gasteiger partial charge on any atom is 0.341 e. The first-order valence-corrected chi connectivity index (χ1v) is 6.23. The van der Waals surface area contributed by atoms with Crippen molar-refractivity contribution in [1.82, 2.24) is 4.57 Å². The molecule has 0 aliphatic heterocycles. The van der Waals surface area contributed by atoms with Crippen LogP contribution in [0.5, 0.6) is 0 Å². The number of fused-ring (bicyclic) bond motifs is 1. The summed E-state index contributed by atoms with van der Waals surface area (Å²) in [4.78, 5) is 23.1. The Morgan fingerprint density at radius 2 is 2.05 bits per heavy atom. The van der Waals surface area contributed by atoms with Gasteiger partial charge in [-0.2, -0.15) is 0 Å². The van der Waals surface area contributed by atoms with Gasteiger partial charge in [-0.1, -0.05) is 0 Å². The molecule has 0 unspecified atom stereocenters. The number of pyridine rings is 1. The summed E-state index contributed by atoms with van der Waals surface area (Å²) in [6, 6.07) is 1.59. The lowest BCUT2D eigenvalue weighted by Gasteiger charge is -2.12. The van der Waals surface area contributed by atoms with E-state index in [2.05, 4.69) is 0 Å². The van der Waals surface area contributed by atoms with Crippen molar-refractivity contribution < 1.29 is 18.7 Å². The van der Waals surface area contributed by atoms with Crippen molar-refractivity contribution in [1.29, 1.82) is 0 Å². The molecule has 0 amide bonds. The van der Waals surface area contributed by atoms with E-state index in [9.17, 15) is 18.4 Å². The minimum absolute atomic E-state index is 0.0340. The lowest BCUT2D eigenvalue weighted by molar-refractivity contribution is 0.0694. The van der Waals surface area contributed by atoms with E-state index in [1.165, 1.54) is 4.57 Å². The summed E-state index contributed by atoms with van der Waals surface area (Å²) >= 11 is 0. The monoisotopic (exact) mass is 279 g/mol. The van der Waals surface area contributed by atoms with Gasteiger partial charge in [0, 0.05) is 18.8 Å². The Morgan fingerprint density at radius 1 is 1.35 bits per heavy atom. The van der Waals surface area contributed by atoms with Gasteiger partial charge >= 0.3 is 5.97 Å². The van der Waals surface area contributed by atoms with Crippen LogP contribution in [-0.2, 0) is 6.54 Å². The first-order chi connectivity index (χ1) is 9.47. The van der Waals surface area contributed by atoms with Crippen LogP contribution in [0.4, 0.5) is 8.78 Å². The number of aromatic carboxylic acids is 1. The molecule has 1 heterocycles. The second-order valence-electron chi connectivity index (χ2n) is 5.06. The molecule has 0 saturated heterocycles. The third-order valence-corrected chi connectivity index (χ3v) is 3.47. The van der Waals surface area contributed by atoms with Gasteiger partial charge < -0.3 is 9.67 Å². The van der Waals surface area contributed by atoms with Crippen LogP contribution in [-0.4, -0.2) is 15.6 Å². The van der Waals surface area contributed by atoms with Crippen LogP contribution in [0.15, 0.2) is 23.1 Å². The van der Waals surface area contributed by atoms with Gasteiger partial charge in [0.2, 0.25) is 5.43 Å². The molecule has 0 spiro atoms. The van der Waals surface area contributed by atoms with Gasteiger partial charge in [-0.25, -0.2) is 13.6 Å². The summed E-state index contributed by atoms with van der Waals surface area (Å²) in [5.74, 6) is -2.79. The fourth-order valence-corrected chi connectivity index (χ4v) is 2.33. The molecule has 1 fully saturated rings. The average Bonchev–Trinajstić information content (AvgIpc) is 3.15. The SMILES string of the molecule is O=C(O)c1cn(CC2CC2)c2c(F)cc(F)cc2c1=O. The first kappa shape index (κ1) is 12.8. The van der Waals surface area contributed by atoms with E-state index in [1.807, 2.05) is 0 Å². The molecule has 1 aromatic heterocycles. The van der Waals surface area contributed by atoms with Crippen molar-refractivity contribution in [3.63, 3.8) is 0 Å². The van der Waals surface area contributed by atoms with E-state index in [0.717, 1.165) is 25.1 Å². The van der Waals surface area contributed by atoms with Crippen LogP contribution in [0, 0.1) is 17.6 Å². The Hall–Kier alpha value is -2.24. The molecule has 1 saturated carbocycles. The number of benzene rings is 1. The van der Waals surface area contributed by atoms with Crippen LogP contribution in [0.25, 0.3) is 10.9 Å². The number of carbonyl (C=O) groups is 1. The van der Waals surface area contributed by atoms with Crippen LogP contribution in [0.2, 0.25) is 0 Å². The van der Waals surface area contributed by atoms with Gasteiger partial charge in [0.05, 0.1) is 10.9 Å². The van der Waals surface area contributed by atoms with E-state index in [-0.39, 0.29) is 10.9 Å². The summed E-state index contributed by atoms with van der Waals surface area (Å²) < 4.78 is 28.6. The maximum absolute atomic E-state index is 13.9. The molecule has 0 bridgehead atoms. The summed E-state index contributed by atoms with van der Waals surface area (Å²) in [5, 5.41) is 8.80. The zero-order chi connectivity index (χ0) is 14.4. The molecule has 104 valence electrons. The third kappa shape index (κ3) is 2.07. The van der Waals surface area contributed by atoms with Gasteiger partial charge in [-0.15, -0.1) is 0 Å². The van der Waals surface area contributed by atoms with E-state index >= 15 is 0 Å². The van der Waals surface area contributed by atoms with Crippen LogP contribution < -0.4 is 5.43 Å². The molecule has 4 nitrogen and oxygen atoms in total. The number of halogens is 2. The highest BCUT2D eigenvalue weighted by Gasteiger charge is 2.25. The molecular formula is C14H11F2NO3. The predicted molar refractivity (Wildman–Crippen MR) is 67.8 cm³/mol. The van der Waals surface area contributed by atoms with Crippen LogP contribution in [0.3, 0.4) is 0 Å². The molecule has 1 aromatic carbocycles. The normalized spacial score (nSPS) is 14.7. The number of carboxylic acid groups (broad SMARTS) is 1. The topological polar surface area (TPSA) is 59.3 Å². The molecule has 0 atom stereocenters. The maximum atomic E-state index is 13.9.